The van der Waals surface area contributed by atoms with E-state index in [0.29, 0.717) is 22.7 Å². The summed E-state index contributed by atoms with van der Waals surface area (Å²) in [6.45, 7) is 60.4. The summed E-state index contributed by atoms with van der Waals surface area (Å²) in [7, 11) is 0. The van der Waals surface area contributed by atoms with E-state index in [-0.39, 0.29) is 27.1 Å². The van der Waals surface area contributed by atoms with Crippen molar-refractivity contribution in [2.45, 2.75) is 159 Å². The van der Waals surface area contributed by atoms with E-state index in [0.717, 1.165) is 65.1 Å². The van der Waals surface area contributed by atoms with Crippen LogP contribution in [0.1, 0.15) is 159 Å². The molecule has 254 valence electrons. The molecule has 0 aromatic carbocycles. The van der Waals surface area contributed by atoms with Crippen LogP contribution in [0.4, 0.5) is 0 Å². The quantitative estimate of drug-likeness (QED) is 0.273. The Kier molecular flexibility index (Phi) is 9.37. The first kappa shape index (κ1) is 37.5. The van der Waals surface area contributed by atoms with Crippen molar-refractivity contribution in [1.82, 2.24) is 0 Å². The molecule has 3 rings (SSSR count). The Balaban J connectivity index is 2.26. The van der Waals surface area contributed by atoms with Crippen LogP contribution in [-0.2, 0) is 0 Å². The Bertz CT molecular complexity index is 992. The van der Waals surface area contributed by atoms with Crippen molar-refractivity contribution < 1.29 is 0 Å². The second-order valence-electron chi connectivity index (χ2n) is 22.1. The number of hydrogen-bond donors (Lipinski definition) is 0. The molecule has 3 saturated carbocycles. The maximum Gasteiger partial charge on any atom is -0.0246 e. The predicted molar refractivity (Wildman–Crippen MR) is 193 cm³/mol. The summed E-state index contributed by atoms with van der Waals surface area (Å²) in [6.07, 6.45) is 0. The number of hydrogen-bond acceptors (Lipinski definition) is 0. The Labute approximate surface area is 273 Å². The van der Waals surface area contributed by atoms with Gasteiger partial charge in [0, 0.05) is 0 Å². The lowest BCUT2D eigenvalue weighted by molar-refractivity contribution is -0.165. The van der Waals surface area contributed by atoms with Crippen molar-refractivity contribution in [3.63, 3.8) is 0 Å². The lowest BCUT2D eigenvalue weighted by Crippen LogP contribution is -2.59. The SMILES string of the molecule is CC1C(C)C(C(C)(C)C(C)(C)C(C)(C)C(C)C)[C@H]2C1C(C)[C@H]1C(C)C(C)C(C(C)(C)C(C)(C)C(C)C(C)(C)C)C1C2(C)C. The van der Waals surface area contributed by atoms with E-state index in [4.69, 9.17) is 0 Å². The lowest BCUT2D eigenvalue weighted by Gasteiger charge is -2.64. The van der Waals surface area contributed by atoms with Crippen molar-refractivity contribution >= 4 is 0 Å². The molecule has 0 radical (unpaired) electrons. The molecule has 10 unspecified atom stereocenters. The minimum absolute atomic E-state index is 0.219. The van der Waals surface area contributed by atoms with Crippen molar-refractivity contribution in [2.24, 2.45) is 115 Å². The smallest absolute Gasteiger partial charge is 0.0246 e. The van der Waals surface area contributed by atoms with Gasteiger partial charge in [-0.2, -0.15) is 0 Å². The third kappa shape index (κ3) is 4.91. The zero-order valence-electron chi connectivity index (χ0n) is 34.0. The van der Waals surface area contributed by atoms with Crippen molar-refractivity contribution in [2.75, 3.05) is 0 Å². The molecule has 3 aliphatic carbocycles. The molecule has 43 heavy (non-hydrogen) atoms. The fraction of sp³-hybridized carbons (Fsp3) is 1.00. The van der Waals surface area contributed by atoms with Crippen LogP contribution in [0.15, 0.2) is 0 Å². The largest absolute Gasteiger partial charge is 0.0622 e. The minimum Gasteiger partial charge on any atom is -0.0622 e. The van der Waals surface area contributed by atoms with Gasteiger partial charge in [-0.25, -0.2) is 0 Å². The normalized spacial score (nSPS) is 40.0. The van der Waals surface area contributed by atoms with E-state index in [1.165, 1.54) is 0 Å². The summed E-state index contributed by atoms with van der Waals surface area (Å²) in [5.74, 6) is 9.84. The molecule has 0 heterocycles. The number of fused-ring (bicyclic) bond motifs is 2. The summed E-state index contributed by atoms with van der Waals surface area (Å²) < 4.78 is 0. The van der Waals surface area contributed by atoms with E-state index < -0.39 is 0 Å². The fourth-order valence-electron chi connectivity index (χ4n) is 13.4. The molecule has 0 amide bonds. The molecular formula is C43H82. The molecule has 0 spiro atoms. The van der Waals surface area contributed by atoms with Crippen molar-refractivity contribution in [3.05, 3.63) is 0 Å². The Hall–Kier alpha value is 0. The fourth-order valence-corrected chi connectivity index (χ4v) is 13.4. The zero-order valence-corrected chi connectivity index (χ0v) is 34.0. The third-order valence-corrected chi connectivity index (χ3v) is 18.9. The van der Waals surface area contributed by atoms with Crippen LogP contribution in [0.2, 0.25) is 0 Å². The molecule has 0 bridgehead atoms. The highest BCUT2D eigenvalue weighted by molar-refractivity contribution is 5.19. The zero-order chi connectivity index (χ0) is 34.0. The predicted octanol–water partition coefficient (Wildman–Crippen LogP) is 13.4. The van der Waals surface area contributed by atoms with Crippen LogP contribution in [0, 0.1) is 115 Å². The van der Waals surface area contributed by atoms with Gasteiger partial charge in [0.05, 0.1) is 0 Å². The first-order valence-corrected chi connectivity index (χ1v) is 18.9. The topological polar surface area (TPSA) is 0 Å². The molecule has 0 aromatic rings. The van der Waals surface area contributed by atoms with Crippen molar-refractivity contribution in [3.8, 4) is 0 Å². The maximum atomic E-state index is 2.79. The Morgan fingerprint density at radius 3 is 1.14 bits per heavy atom. The summed E-state index contributed by atoms with van der Waals surface area (Å²) in [6, 6.07) is 0. The third-order valence-electron chi connectivity index (χ3n) is 18.9. The van der Waals surface area contributed by atoms with Gasteiger partial charge in [0.1, 0.15) is 0 Å². The van der Waals surface area contributed by atoms with Gasteiger partial charge in [0.15, 0.2) is 0 Å². The molecule has 0 aromatic heterocycles. The molecule has 0 N–H and O–H groups in total. The van der Waals surface area contributed by atoms with Gasteiger partial charge in [0.2, 0.25) is 0 Å². The van der Waals surface area contributed by atoms with E-state index in [1.54, 1.807) is 0 Å². The Morgan fingerprint density at radius 2 is 0.814 bits per heavy atom. The molecule has 12 atom stereocenters. The first-order chi connectivity index (χ1) is 18.9. The molecule has 0 aliphatic heterocycles. The second kappa shape index (κ2) is 10.8. The van der Waals surface area contributed by atoms with Crippen LogP contribution in [0.25, 0.3) is 0 Å². The van der Waals surface area contributed by atoms with Crippen LogP contribution in [0.5, 0.6) is 0 Å². The van der Waals surface area contributed by atoms with E-state index in [2.05, 4.69) is 159 Å². The molecule has 3 aliphatic rings. The summed E-state index contributed by atoms with van der Waals surface area (Å²) in [5, 5.41) is 0. The molecule has 3 fully saturated rings. The van der Waals surface area contributed by atoms with Crippen LogP contribution in [0.3, 0.4) is 0 Å². The van der Waals surface area contributed by atoms with E-state index >= 15 is 0 Å². The second-order valence-corrected chi connectivity index (χ2v) is 22.1. The highest BCUT2D eigenvalue weighted by Gasteiger charge is 2.71. The average molecular weight is 599 g/mol. The van der Waals surface area contributed by atoms with Crippen molar-refractivity contribution in [1.29, 1.82) is 0 Å². The van der Waals surface area contributed by atoms with Gasteiger partial charge >= 0.3 is 0 Å². The highest BCUT2D eigenvalue weighted by Crippen LogP contribution is 2.76. The summed E-state index contributed by atoms with van der Waals surface area (Å²) in [5.41, 5.74) is 1.81. The van der Waals surface area contributed by atoms with Gasteiger partial charge < -0.3 is 0 Å². The minimum atomic E-state index is 0.219. The monoisotopic (exact) mass is 599 g/mol. The van der Waals surface area contributed by atoms with Gasteiger partial charge in [-0.1, -0.05) is 159 Å². The van der Waals surface area contributed by atoms with E-state index in [1.807, 2.05) is 0 Å². The number of rotatable bonds is 7. The molecule has 0 nitrogen and oxygen atoms in total. The summed E-state index contributed by atoms with van der Waals surface area (Å²) in [4.78, 5) is 0. The highest BCUT2D eigenvalue weighted by atomic mass is 14.8. The summed E-state index contributed by atoms with van der Waals surface area (Å²) >= 11 is 0. The van der Waals surface area contributed by atoms with Gasteiger partial charge in [0.25, 0.3) is 0 Å². The van der Waals surface area contributed by atoms with Gasteiger partial charge in [-0.05, 0) is 115 Å². The van der Waals surface area contributed by atoms with Gasteiger partial charge in [-0.15, -0.1) is 0 Å². The van der Waals surface area contributed by atoms with Gasteiger partial charge in [-0.3, -0.25) is 0 Å². The first-order valence-electron chi connectivity index (χ1n) is 18.9. The lowest BCUT2D eigenvalue weighted by atomic mass is 9.40. The standard InChI is InChI=1S/C43H82/c1-24(2)39(14,15)43(22,23)42(20,21)34-28(6)26(4)32-29(7)31-25(3)27(5)33(35(31)38(12,13)36(32)34)41(18,19)40(16,17)30(8)37(9,10)11/h24-36H,1-23H3/t25?,26?,27?,28?,29?,30?,31-,32?,33?,34?,35?,36-/m1/s1. The van der Waals surface area contributed by atoms with Crippen LogP contribution < -0.4 is 0 Å². The maximum absolute atomic E-state index is 2.79. The molecule has 0 saturated heterocycles. The average Bonchev–Trinajstić information content (AvgIpc) is 3.28. The van der Waals surface area contributed by atoms with E-state index in [9.17, 15) is 0 Å². The molecule has 0 heteroatoms. The Morgan fingerprint density at radius 1 is 0.465 bits per heavy atom. The van der Waals surface area contributed by atoms with Crippen LogP contribution in [-0.4, -0.2) is 0 Å². The molecular weight excluding hydrogens is 516 g/mol. The van der Waals surface area contributed by atoms with Crippen LogP contribution >= 0.6 is 0 Å².